The van der Waals surface area contributed by atoms with Crippen LogP contribution in [0.5, 0.6) is 5.75 Å². The number of aryl methyl sites for hydroxylation is 1. The highest BCUT2D eigenvalue weighted by atomic mass is 16.6. The highest BCUT2D eigenvalue weighted by Gasteiger charge is 2.25. The summed E-state index contributed by atoms with van der Waals surface area (Å²) in [7, 11) is 1.46. The molecule has 0 saturated carbocycles. The fraction of sp³-hybridized carbons (Fsp3) is 0.308. The van der Waals surface area contributed by atoms with Crippen LogP contribution in [0.2, 0.25) is 0 Å². The number of nitro groups is 1. The average Bonchev–Trinajstić information content (AvgIpc) is 2.74. The molecule has 0 fully saturated rings. The van der Waals surface area contributed by atoms with Crippen molar-refractivity contribution in [3.8, 4) is 5.75 Å². The molecule has 112 valence electrons. The second-order valence-corrected chi connectivity index (χ2v) is 4.67. The topological polar surface area (TPSA) is 131 Å². The second kappa shape index (κ2) is 5.41. The zero-order valence-electron chi connectivity index (χ0n) is 11.5. The zero-order valence-corrected chi connectivity index (χ0v) is 11.5. The molecule has 0 aliphatic carbocycles. The van der Waals surface area contributed by atoms with Gasteiger partial charge in [0.15, 0.2) is 0 Å². The Balaban J connectivity index is 2.72. The lowest BCUT2D eigenvalue weighted by atomic mass is 10.0. The molecule has 8 heteroatoms. The lowest BCUT2D eigenvalue weighted by molar-refractivity contribution is -0.383. The summed E-state index contributed by atoms with van der Waals surface area (Å²) in [6.07, 6.45) is -0.00479. The van der Waals surface area contributed by atoms with Crippen LogP contribution >= 0.6 is 0 Å². The van der Waals surface area contributed by atoms with Gasteiger partial charge in [-0.1, -0.05) is 0 Å². The first-order valence-corrected chi connectivity index (χ1v) is 6.17. The highest BCUT2D eigenvalue weighted by molar-refractivity contribution is 5.97. The van der Waals surface area contributed by atoms with Gasteiger partial charge in [-0.25, -0.2) is 0 Å². The average molecular weight is 293 g/mol. The molecule has 0 spiro atoms. The highest BCUT2D eigenvalue weighted by Crippen LogP contribution is 2.37. The van der Waals surface area contributed by atoms with Crippen LogP contribution in [0.25, 0.3) is 10.9 Å². The number of methoxy groups -OCH3 is 1. The van der Waals surface area contributed by atoms with Crippen molar-refractivity contribution in [2.45, 2.75) is 19.4 Å². The quantitative estimate of drug-likeness (QED) is 0.563. The molecule has 8 nitrogen and oxygen atoms in total. The van der Waals surface area contributed by atoms with Crippen LogP contribution in [0.4, 0.5) is 5.69 Å². The molecule has 0 saturated heterocycles. The minimum absolute atomic E-state index is 0.00479. The maximum absolute atomic E-state index is 11.2. The van der Waals surface area contributed by atoms with Gasteiger partial charge in [0, 0.05) is 18.2 Å². The second-order valence-electron chi connectivity index (χ2n) is 4.67. The van der Waals surface area contributed by atoms with E-state index in [1.54, 1.807) is 6.92 Å². The Morgan fingerprint density at radius 3 is 2.76 bits per heavy atom. The van der Waals surface area contributed by atoms with Gasteiger partial charge in [-0.2, -0.15) is 0 Å². The number of rotatable bonds is 5. The van der Waals surface area contributed by atoms with Crippen molar-refractivity contribution in [3.05, 3.63) is 33.5 Å². The minimum atomic E-state index is -1.16. The lowest BCUT2D eigenvalue weighted by Gasteiger charge is -2.07. The number of nitrogens with zero attached hydrogens (tertiary/aromatic N) is 1. The number of nitrogens with two attached hydrogens (primary N) is 1. The number of ether oxygens (including phenoxy) is 1. The van der Waals surface area contributed by atoms with E-state index in [-0.39, 0.29) is 12.1 Å². The van der Waals surface area contributed by atoms with Gasteiger partial charge in [0.05, 0.1) is 22.9 Å². The van der Waals surface area contributed by atoms with E-state index in [0.29, 0.717) is 27.9 Å². The normalized spacial score (nSPS) is 12.3. The van der Waals surface area contributed by atoms with Gasteiger partial charge in [-0.3, -0.25) is 14.9 Å². The summed E-state index contributed by atoms with van der Waals surface area (Å²) in [6, 6.07) is 1.70. The molecule has 1 aromatic carbocycles. The van der Waals surface area contributed by atoms with Crippen LogP contribution in [0.15, 0.2) is 12.1 Å². The molecule has 1 atom stereocenters. The summed E-state index contributed by atoms with van der Waals surface area (Å²) in [6.45, 7) is 1.72. The first kappa shape index (κ1) is 14.8. The number of aromatic nitrogens is 1. The number of aliphatic carboxylic acids is 1. The molecular weight excluding hydrogens is 278 g/mol. The fourth-order valence-electron chi connectivity index (χ4n) is 2.34. The van der Waals surface area contributed by atoms with E-state index in [1.807, 2.05) is 0 Å². The van der Waals surface area contributed by atoms with E-state index in [9.17, 15) is 14.9 Å². The lowest BCUT2D eigenvalue weighted by Crippen LogP contribution is -2.32. The van der Waals surface area contributed by atoms with Crippen LogP contribution in [-0.2, 0) is 11.2 Å². The SMILES string of the molecule is COc1ccc([N+](=O)[O-])c2c(CC(N)C(=O)O)c(C)[nH]c12. The number of hydrogen-bond donors (Lipinski definition) is 3. The van der Waals surface area contributed by atoms with Gasteiger partial charge < -0.3 is 20.6 Å². The number of aromatic amines is 1. The number of nitrogens with one attached hydrogen (secondary N) is 1. The molecule has 0 aliphatic heterocycles. The third kappa shape index (κ3) is 2.52. The summed E-state index contributed by atoms with van der Waals surface area (Å²) < 4.78 is 5.18. The molecule has 2 rings (SSSR count). The predicted molar refractivity (Wildman–Crippen MR) is 75.6 cm³/mol. The molecule has 1 heterocycles. The summed E-state index contributed by atoms with van der Waals surface area (Å²) in [4.78, 5) is 24.6. The van der Waals surface area contributed by atoms with E-state index in [2.05, 4.69) is 4.98 Å². The number of fused-ring (bicyclic) bond motifs is 1. The monoisotopic (exact) mass is 293 g/mol. The first-order chi connectivity index (χ1) is 9.86. The van der Waals surface area contributed by atoms with Crippen molar-refractivity contribution < 1.29 is 19.6 Å². The van der Waals surface area contributed by atoms with Gasteiger partial charge in [0.1, 0.15) is 11.8 Å². The minimum Gasteiger partial charge on any atom is -0.495 e. The number of carboxylic acids is 1. The predicted octanol–water partition coefficient (Wildman–Crippen LogP) is 1.35. The number of benzene rings is 1. The van der Waals surface area contributed by atoms with Crippen LogP contribution in [0.1, 0.15) is 11.3 Å². The molecule has 4 N–H and O–H groups in total. The maximum atomic E-state index is 11.2. The Labute approximate surface area is 119 Å². The largest absolute Gasteiger partial charge is 0.495 e. The number of nitro benzene ring substituents is 1. The van der Waals surface area contributed by atoms with E-state index in [0.717, 1.165) is 0 Å². The van der Waals surface area contributed by atoms with Crippen molar-refractivity contribution in [2.75, 3.05) is 7.11 Å². The number of hydrogen-bond acceptors (Lipinski definition) is 5. The van der Waals surface area contributed by atoms with Gasteiger partial charge in [-0.15, -0.1) is 0 Å². The van der Waals surface area contributed by atoms with Gasteiger partial charge >= 0.3 is 5.97 Å². The molecule has 0 amide bonds. The van der Waals surface area contributed by atoms with Crippen molar-refractivity contribution >= 4 is 22.6 Å². The molecule has 1 unspecified atom stereocenters. The van der Waals surface area contributed by atoms with Crippen molar-refractivity contribution in [1.29, 1.82) is 0 Å². The Hall–Kier alpha value is -2.61. The van der Waals surface area contributed by atoms with Crippen LogP contribution < -0.4 is 10.5 Å². The van der Waals surface area contributed by atoms with E-state index in [4.69, 9.17) is 15.6 Å². The molecule has 0 aliphatic rings. The third-order valence-electron chi connectivity index (χ3n) is 3.37. The van der Waals surface area contributed by atoms with Gasteiger partial charge in [-0.05, 0) is 18.6 Å². The van der Waals surface area contributed by atoms with Crippen LogP contribution in [-0.4, -0.2) is 34.1 Å². The Kier molecular flexibility index (Phi) is 3.81. The summed E-state index contributed by atoms with van der Waals surface area (Å²) in [5.74, 6) is -0.705. The van der Waals surface area contributed by atoms with Gasteiger partial charge in [0.25, 0.3) is 5.69 Å². The van der Waals surface area contributed by atoms with Gasteiger partial charge in [0.2, 0.25) is 0 Å². The standard InChI is InChI=1S/C13H15N3O5/c1-6-7(5-8(14)13(17)18)11-9(16(19)20)3-4-10(21-2)12(11)15-6/h3-4,8,15H,5,14H2,1-2H3,(H,17,18). The number of carbonyl (C=O) groups is 1. The van der Waals surface area contributed by atoms with Crippen molar-refractivity contribution in [2.24, 2.45) is 5.73 Å². The molecule has 0 radical (unpaired) electrons. The Morgan fingerprint density at radius 1 is 1.57 bits per heavy atom. The number of carboxylic acid groups (broad SMARTS) is 1. The van der Waals surface area contributed by atoms with E-state index < -0.39 is 16.9 Å². The zero-order chi connectivity index (χ0) is 15.7. The molecule has 21 heavy (non-hydrogen) atoms. The summed E-state index contributed by atoms with van der Waals surface area (Å²) in [5.41, 5.74) is 7.06. The smallest absolute Gasteiger partial charge is 0.320 e. The molecule has 0 bridgehead atoms. The number of H-pyrrole nitrogens is 1. The van der Waals surface area contributed by atoms with E-state index in [1.165, 1.54) is 19.2 Å². The summed E-state index contributed by atoms with van der Waals surface area (Å²) >= 11 is 0. The number of non-ortho nitro benzene ring substituents is 1. The van der Waals surface area contributed by atoms with E-state index >= 15 is 0 Å². The van der Waals surface area contributed by atoms with Crippen LogP contribution in [0.3, 0.4) is 0 Å². The van der Waals surface area contributed by atoms with Crippen molar-refractivity contribution in [1.82, 2.24) is 4.98 Å². The third-order valence-corrected chi connectivity index (χ3v) is 3.37. The Bertz CT molecular complexity index is 722. The van der Waals surface area contributed by atoms with Crippen molar-refractivity contribution in [3.63, 3.8) is 0 Å². The maximum Gasteiger partial charge on any atom is 0.320 e. The molecule has 1 aromatic heterocycles. The molecule has 2 aromatic rings. The van der Waals surface area contributed by atoms with Crippen LogP contribution in [0, 0.1) is 17.0 Å². The molecular formula is C13H15N3O5. The fourth-order valence-corrected chi connectivity index (χ4v) is 2.34. The first-order valence-electron chi connectivity index (χ1n) is 6.17. The Morgan fingerprint density at radius 2 is 2.24 bits per heavy atom. The summed E-state index contributed by atoms with van der Waals surface area (Å²) in [5, 5.41) is 20.5.